The van der Waals surface area contributed by atoms with E-state index in [1.165, 1.54) is 29.8 Å². The van der Waals surface area contributed by atoms with Gasteiger partial charge in [-0.3, -0.25) is 20.3 Å². The van der Waals surface area contributed by atoms with Gasteiger partial charge in [0.05, 0.1) is 19.3 Å². The first kappa shape index (κ1) is 16.7. The lowest BCUT2D eigenvalue weighted by Gasteiger charge is -2.24. The molecule has 2 amide bonds. The monoisotopic (exact) mass is 368 g/mol. The van der Waals surface area contributed by atoms with Crippen LogP contribution >= 0.6 is 22.7 Å². The van der Waals surface area contributed by atoms with Gasteiger partial charge in [-0.05, 0) is 6.92 Å². The molecular weight excluding hydrogens is 352 g/mol. The molecule has 0 saturated heterocycles. The SMILES string of the molecule is COC(=O)Nc1nc2c(s1)CN(CC(=O)Nc1nnc(C)s1)CC2. The van der Waals surface area contributed by atoms with Crippen molar-refractivity contribution in [2.45, 2.75) is 19.9 Å². The molecule has 0 bridgehead atoms. The number of aryl methyl sites for hydroxylation is 1. The lowest BCUT2D eigenvalue weighted by Crippen LogP contribution is -2.36. The van der Waals surface area contributed by atoms with Crippen LogP contribution in [0.4, 0.5) is 15.1 Å². The molecule has 2 aromatic rings. The lowest BCUT2D eigenvalue weighted by molar-refractivity contribution is -0.117. The van der Waals surface area contributed by atoms with E-state index in [9.17, 15) is 9.59 Å². The van der Waals surface area contributed by atoms with Crippen molar-refractivity contribution in [3.05, 3.63) is 15.6 Å². The van der Waals surface area contributed by atoms with Gasteiger partial charge in [0.15, 0.2) is 5.13 Å². The first-order valence-corrected chi connectivity index (χ1v) is 8.82. The molecule has 0 fully saturated rings. The normalized spacial score (nSPS) is 14.1. The van der Waals surface area contributed by atoms with Gasteiger partial charge in [-0.1, -0.05) is 22.7 Å². The van der Waals surface area contributed by atoms with Crippen molar-refractivity contribution in [1.82, 2.24) is 20.1 Å². The summed E-state index contributed by atoms with van der Waals surface area (Å²) in [7, 11) is 1.31. The van der Waals surface area contributed by atoms with Gasteiger partial charge in [-0.15, -0.1) is 10.2 Å². The Morgan fingerprint density at radius 3 is 2.79 bits per heavy atom. The summed E-state index contributed by atoms with van der Waals surface area (Å²) < 4.78 is 4.56. The maximum Gasteiger partial charge on any atom is 0.413 e. The first-order chi connectivity index (χ1) is 11.5. The molecule has 0 aliphatic carbocycles. The van der Waals surface area contributed by atoms with E-state index in [-0.39, 0.29) is 12.5 Å². The highest BCUT2D eigenvalue weighted by atomic mass is 32.1. The zero-order valence-electron chi connectivity index (χ0n) is 13.2. The van der Waals surface area contributed by atoms with E-state index < -0.39 is 6.09 Å². The van der Waals surface area contributed by atoms with Crippen molar-refractivity contribution in [2.24, 2.45) is 0 Å². The summed E-state index contributed by atoms with van der Waals surface area (Å²) in [5.74, 6) is -0.118. The number of methoxy groups -OCH3 is 1. The number of carbonyl (C=O) groups excluding carboxylic acids is 2. The molecule has 24 heavy (non-hydrogen) atoms. The Hall–Kier alpha value is -2.11. The van der Waals surface area contributed by atoms with Gasteiger partial charge in [0.1, 0.15) is 5.01 Å². The lowest BCUT2D eigenvalue weighted by atomic mass is 10.2. The van der Waals surface area contributed by atoms with E-state index in [4.69, 9.17) is 0 Å². The van der Waals surface area contributed by atoms with Crippen molar-refractivity contribution >= 4 is 44.9 Å². The summed E-state index contributed by atoms with van der Waals surface area (Å²) in [4.78, 5) is 30.8. The summed E-state index contributed by atoms with van der Waals surface area (Å²) in [6.07, 6.45) is 0.199. The number of carbonyl (C=O) groups is 2. The molecule has 0 atom stereocenters. The summed E-state index contributed by atoms with van der Waals surface area (Å²) >= 11 is 2.75. The fourth-order valence-corrected chi connectivity index (χ4v) is 3.93. The predicted octanol–water partition coefficient (Wildman–Crippen LogP) is 1.48. The topological polar surface area (TPSA) is 109 Å². The van der Waals surface area contributed by atoms with E-state index >= 15 is 0 Å². The van der Waals surface area contributed by atoms with E-state index in [1.54, 1.807) is 0 Å². The second-order valence-corrected chi connectivity index (χ2v) is 7.41. The van der Waals surface area contributed by atoms with Gasteiger partial charge >= 0.3 is 6.09 Å². The summed E-state index contributed by atoms with van der Waals surface area (Å²) in [6, 6.07) is 0. The van der Waals surface area contributed by atoms with Crippen LogP contribution in [0.1, 0.15) is 15.6 Å². The van der Waals surface area contributed by atoms with Gasteiger partial charge in [0.2, 0.25) is 11.0 Å². The largest absolute Gasteiger partial charge is 0.453 e. The highest BCUT2D eigenvalue weighted by Crippen LogP contribution is 2.28. The number of nitrogens with zero attached hydrogens (tertiary/aromatic N) is 4. The third-order valence-electron chi connectivity index (χ3n) is 3.34. The van der Waals surface area contributed by atoms with Crippen LogP contribution in [-0.4, -0.2) is 52.3 Å². The van der Waals surface area contributed by atoms with E-state index in [2.05, 4.69) is 30.6 Å². The molecule has 0 spiro atoms. The van der Waals surface area contributed by atoms with Crippen LogP contribution in [0.5, 0.6) is 0 Å². The average Bonchev–Trinajstić information content (AvgIpc) is 3.12. The molecule has 3 rings (SSSR count). The van der Waals surface area contributed by atoms with Crippen molar-refractivity contribution < 1.29 is 14.3 Å². The molecule has 0 unspecified atom stereocenters. The molecule has 1 aliphatic rings. The van der Waals surface area contributed by atoms with E-state index in [0.29, 0.717) is 16.8 Å². The second kappa shape index (κ2) is 7.20. The number of aromatic nitrogens is 3. The van der Waals surface area contributed by atoms with Crippen molar-refractivity contribution in [3.63, 3.8) is 0 Å². The van der Waals surface area contributed by atoms with Crippen LogP contribution in [-0.2, 0) is 22.5 Å². The summed E-state index contributed by atoms with van der Waals surface area (Å²) in [6.45, 7) is 3.47. The minimum atomic E-state index is -0.537. The maximum absolute atomic E-state index is 12.1. The second-order valence-electron chi connectivity index (χ2n) is 5.14. The van der Waals surface area contributed by atoms with Crippen LogP contribution in [0.15, 0.2) is 0 Å². The minimum absolute atomic E-state index is 0.118. The number of rotatable bonds is 4. The Morgan fingerprint density at radius 1 is 1.25 bits per heavy atom. The number of amides is 2. The van der Waals surface area contributed by atoms with Crippen LogP contribution in [0.2, 0.25) is 0 Å². The molecule has 2 aromatic heterocycles. The summed E-state index contributed by atoms with van der Waals surface area (Å²) in [5, 5.41) is 14.9. The molecule has 0 radical (unpaired) electrons. The van der Waals surface area contributed by atoms with Gasteiger partial charge in [0, 0.05) is 24.4 Å². The van der Waals surface area contributed by atoms with Crippen molar-refractivity contribution in [2.75, 3.05) is 30.8 Å². The van der Waals surface area contributed by atoms with Gasteiger partial charge in [0.25, 0.3) is 0 Å². The van der Waals surface area contributed by atoms with Crippen LogP contribution < -0.4 is 10.6 Å². The van der Waals surface area contributed by atoms with Crippen LogP contribution in [0.3, 0.4) is 0 Å². The maximum atomic E-state index is 12.1. The first-order valence-electron chi connectivity index (χ1n) is 7.19. The van der Waals surface area contributed by atoms with Gasteiger partial charge < -0.3 is 4.74 Å². The van der Waals surface area contributed by atoms with Gasteiger partial charge in [-0.25, -0.2) is 9.78 Å². The standard InChI is InChI=1S/C13H16N6O3S2/c1-7-17-18-12(23-7)15-10(20)6-19-4-3-8-9(5-19)24-11(14-8)16-13(21)22-2/h3-6H2,1-2H3,(H,14,16,21)(H,15,18,20). The number of fused-ring (bicyclic) bond motifs is 1. The molecule has 3 heterocycles. The molecule has 128 valence electrons. The Bertz CT molecular complexity index is 759. The number of thiazole rings is 1. The molecule has 2 N–H and O–H groups in total. The Morgan fingerprint density at radius 2 is 2.08 bits per heavy atom. The third kappa shape index (κ3) is 4.04. The van der Waals surface area contributed by atoms with Crippen LogP contribution in [0.25, 0.3) is 0 Å². The minimum Gasteiger partial charge on any atom is -0.453 e. The van der Waals surface area contributed by atoms with E-state index in [1.807, 2.05) is 11.8 Å². The Labute approximate surface area is 146 Å². The number of hydrogen-bond acceptors (Lipinski definition) is 9. The highest BCUT2D eigenvalue weighted by Gasteiger charge is 2.23. The smallest absolute Gasteiger partial charge is 0.413 e. The zero-order chi connectivity index (χ0) is 17.1. The van der Waals surface area contributed by atoms with Gasteiger partial charge in [-0.2, -0.15) is 0 Å². The fourth-order valence-electron chi connectivity index (χ4n) is 2.28. The molecule has 1 aliphatic heterocycles. The average molecular weight is 368 g/mol. The number of ether oxygens (including phenoxy) is 1. The Kier molecular flexibility index (Phi) is 5.02. The number of hydrogen-bond donors (Lipinski definition) is 2. The summed E-state index contributed by atoms with van der Waals surface area (Å²) in [5.41, 5.74) is 0.961. The van der Waals surface area contributed by atoms with E-state index in [0.717, 1.165) is 28.5 Å². The Balaban J connectivity index is 1.56. The van der Waals surface area contributed by atoms with Crippen molar-refractivity contribution in [3.8, 4) is 0 Å². The molecular formula is C13H16N6O3S2. The molecule has 11 heteroatoms. The molecule has 0 saturated carbocycles. The van der Waals surface area contributed by atoms with Crippen molar-refractivity contribution in [1.29, 1.82) is 0 Å². The zero-order valence-corrected chi connectivity index (χ0v) is 14.8. The molecule has 0 aromatic carbocycles. The quantitative estimate of drug-likeness (QED) is 0.841. The van der Waals surface area contributed by atoms with Crippen LogP contribution in [0, 0.1) is 6.92 Å². The number of nitrogens with one attached hydrogen (secondary N) is 2. The number of anilines is 2. The molecule has 9 nitrogen and oxygen atoms in total. The highest BCUT2D eigenvalue weighted by molar-refractivity contribution is 7.16. The predicted molar refractivity (Wildman–Crippen MR) is 90.4 cm³/mol. The fraction of sp³-hybridized carbons (Fsp3) is 0.462. The third-order valence-corrected chi connectivity index (χ3v) is 5.10.